The number of hydrogen-bond acceptors (Lipinski definition) is 4. The summed E-state index contributed by atoms with van der Waals surface area (Å²) in [5.41, 5.74) is 1.44. The lowest BCUT2D eigenvalue weighted by Crippen LogP contribution is -2.25. The van der Waals surface area contributed by atoms with Crippen LogP contribution in [0, 0.1) is 5.92 Å². The number of amides is 2. The molecule has 1 saturated carbocycles. The Morgan fingerprint density at radius 3 is 2.48 bits per heavy atom. The summed E-state index contributed by atoms with van der Waals surface area (Å²) in [5.74, 6) is -0.138. The first-order valence-electron chi connectivity index (χ1n) is 7.35. The van der Waals surface area contributed by atoms with Crippen molar-refractivity contribution in [1.29, 1.82) is 0 Å². The summed E-state index contributed by atoms with van der Waals surface area (Å²) in [4.78, 5) is 34.4. The molecule has 3 N–H and O–H groups in total. The average molecular weight is 312 g/mol. The third-order valence-corrected chi connectivity index (χ3v) is 3.53. The molecule has 0 bridgehead atoms. The molecule has 7 heteroatoms. The van der Waals surface area contributed by atoms with Gasteiger partial charge in [0.2, 0.25) is 5.91 Å². The number of carbonyl (C=O) groups excluding carboxylic acids is 2. The van der Waals surface area contributed by atoms with E-state index in [1.54, 1.807) is 12.1 Å². The predicted octanol–water partition coefficient (Wildman–Crippen LogP) is 1.05. The Hall–Kier alpha value is -2.96. The van der Waals surface area contributed by atoms with E-state index in [9.17, 15) is 14.4 Å². The van der Waals surface area contributed by atoms with Crippen LogP contribution in [0.15, 0.2) is 41.2 Å². The van der Waals surface area contributed by atoms with Crippen LogP contribution in [-0.2, 0) is 11.3 Å². The van der Waals surface area contributed by atoms with Crippen molar-refractivity contribution in [1.82, 2.24) is 15.5 Å². The maximum atomic E-state index is 11.9. The second kappa shape index (κ2) is 6.43. The van der Waals surface area contributed by atoms with E-state index in [0.717, 1.165) is 24.1 Å². The number of nitrogens with one attached hydrogen (secondary N) is 3. The number of H-pyrrole nitrogens is 1. The fourth-order valence-electron chi connectivity index (χ4n) is 2.04. The van der Waals surface area contributed by atoms with Crippen molar-refractivity contribution in [3.8, 4) is 0 Å². The zero-order valence-corrected chi connectivity index (χ0v) is 12.3. The summed E-state index contributed by atoms with van der Waals surface area (Å²) in [7, 11) is 0. The van der Waals surface area contributed by atoms with Crippen molar-refractivity contribution in [2.75, 3.05) is 5.32 Å². The second-order valence-electron chi connectivity index (χ2n) is 5.45. The molecule has 2 amide bonds. The molecule has 0 aliphatic heterocycles. The number of nitrogens with zero attached hydrogens (tertiary/aromatic N) is 1. The molecule has 1 aliphatic rings. The van der Waals surface area contributed by atoms with E-state index < -0.39 is 0 Å². The Balaban J connectivity index is 1.53. The van der Waals surface area contributed by atoms with E-state index in [4.69, 9.17) is 0 Å². The SMILES string of the molecule is O=C(NCc1ccc(NC(=O)C2CC2)cc1)c1ccc(=O)[nH]n1. The fourth-order valence-corrected chi connectivity index (χ4v) is 2.04. The van der Waals surface area contributed by atoms with Gasteiger partial charge in [-0.15, -0.1) is 0 Å². The van der Waals surface area contributed by atoms with Crippen LogP contribution >= 0.6 is 0 Å². The van der Waals surface area contributed by atoms with E-state index in [1.807, 2.05) is 12.1 Å². The molecule has 23 heavy (non-hydrogen) atoms. The quantitative estimate of drug-likeness (QED) is 0.767. The molecule has 0 unspecified atom stereocenters. The van der Waals surface area contributed by atoms with Crippen LogP contribution in [-0.4, -0.2) is 22.0 Å². The van der Waals surface area contributed by atoms with Gasteiger partial charge < -0.3 is 10.6 Å². The molecule has 0 saturated heterocycles. The number of benzene rings is 1. The van der Waals surface area contributed by atoms with Gasteiger partial charge in [-0.25, -0.2) is 5.10 Å². The largest absolute Gasteiger partial charge is 0.347 e. The minimum Gasteiger partial charge on any atom is -0.347 e. The molecule has 1 heterocycles. The Bertz CT molecular complexity index is 758. The monoisotopic (exact) mass is 312 g/mol. The average Bonchev–Trinajstić information content (AvgIpc) is 3.39. The number of aromatic amines is 1. The number of hydrogen-bond donors (Lipinski definition) is 3. The van der Waals surface area contributed by atoms with Gasteiger partial charge in [0, 0.05) is 24.2 Å². The normalized spacial score (nSPS) is 13.4. The van der Waals surface area contributed by atoms with Gasteiger partial charge in [-0.3, -0.25) is 14.4 Å². The lowest BCUT2D eigenvalue weighted by Gasteiger charge is -2.07. The maximum absolute atomic E-state index is 11.9. The molecule has 118 valence electrons. The van der Waals surface area contributed by atoms with Crippen molar-refractivity contribution in [3.05, 3.63) is 58.0 Å². The topological polar surface area (TPSA) is 104 Å². The van der Waals surface area contributed by atoms with Gasteiger partial charge in [0.25, 0.3) is 11.5 Å². The van der Waals surface area contributed by atoms with Gasteiger partial charge in [-0.05, 0) is 36.6 Å². The number of rotatable bonds is 5. The summed E-state index contributed by atoms with van der Waals surface area (Å²) in [6, 6.07) is 9.90. The third kappa shape index (κ3) is 4.03. The van der Waals surface area contributed by atoms with Gasteiger partial charge in [0.1, 0.15) is 5.69 Å². The summed E-state index contributed by atoms with van der Waals surface area (Å²) >= 11 is 0. The molecule has 1 aromatic carbocycles. The first-order chi connectivity index (χ1) is 11.1. The lowest BCUT2D eigenvalue weighted by molar-refractivity contribution is -0.117. The van der Waals surface area contributed by atoms with Crippen LogP contribution in [0.5, 0.6) is 0 Å². The van der Waals surface area contributed by atoms with Gasteiger partial charge in [-0.1, -0.05) is 12.1 Å². The highest BCUT2D eigenvalue weighted by Crippen LogP contribution is 2.30. The van der Waals surface area contributed by atoms with Crippen LogP contribution in [0.25, 0.3) is 0 Å². The summed E-state index contributed by atoms with van der Waals surface area (Å²) in [6.07, 6.45) is 1.93. The molecule has 1 fully saturated rings. The molecule has 1 aliphatic carbocycles. The van der Waals surface area contributed by atoms with Crippen LogP contribution in [0.3, 0.4) is 0 Å². The highest BCUT2D eigenvalue weighted by molar-refractivity contribution is 5.94. The highest BCUT2D eigenvalue weighted by Gasteiger charge is 2.29. The minimum atomic E-state index is -0.368. The van der Waals surface area contributed by atoms with E-state index >= 15 is 0 Å². The first-order valence-corrected chi connectivity index (χ1v) is 7.35. The lowest BCUT2D eigenvalue weighted by atomic mass is 10.2. The Labute approximate surface area is 132 Å². The minimum absolute atomic E-state index is 0.0650. The van der Waals surface area contributed by atoms with Crippen LogP contribution in [0.1, 0.15) is 28.9 Å². The standard InChI is InChI=1S/C16H16N4O3/c21-14-8-7-13(19-20-14)16(23)17-9-10-1-5-12(6-2-10)18-15(22)11-3-4-11/h1-2,5-8,11H,3-4,9H2,(H,17,23)(H,18,22)(H,20,21). The van der Waals surface area contributed by atoms with Gasteiger partial charge in [0.05, 0.1) is 0 Å². The highest BCUT2D eigenvalue weighted by atomic mass is 16.2. The number of aromatic nitrogens is 2. The second-order valence-corrected chi connectivity index (χ2v) is 5.45. The Morgan fingerprint density at radius 2 is 1.87 bits per heavy atom. The zero-order valence-electron chi connectivity index (χ0n) is 12.3. The van der Waals surface area contributed by atoms with Gasteiger partial charge in [0.15, 0.2) is 0 Å². The van der Waals surface area contributed by atoms with Crippen LogP contribution in [0.2, 0.25) is 0 Å². The van der Waals surface area contributed by atoms with Crippen LogP contribution < -0.4 is 16.2 Å². The Kier molecular flexibility index (Phi) is 4.18. The Morgan fingerprint density at radius 1 is 1.13 bits per heavy atom. The molecular formula is C16H16N4O3. The molecule has 0 spiro atoms. The number of carbonyl (C=O) groups is 2. The fraction of sp³-hybridized carbons (Fsp3) is 0.250. The molecule has 3 rings (SSSR count). The molecule has 2 aromatic rings. The van der Waals surface area contributed by atoms with Crippen molar-refractivity contribution in [3.63, 3.8) is 0 Å². The van der Waals surface area contributed by atoms with Crippen molar-refractivity contribution >= 4 is 17.5 Å². The van der Waals surface area contributed by atoms with E-state index in [0.29, 0.717) is 6.54 Å². The summed E-state index contributed by atoms with van der Waals surface area (Å²) < 4.78 is 0. The first kappa shape index (κ1) is 15.0. The summed E-state index contributed by atoms with van der Waals surface area (Å²) in [5, 5.41) is 11.4. The zero-order chi connectivity index (χ0) is 16.2. The van der Waals surface area contributed by atoms with Crippen molar-refractivity contribution in [2.24, 2.45) is 5.92 Å². The smallest absolute Gasteiger partial charge is 0.271 e. The van der Waals surface area contributed by atoms with Gasteiger partial charge in [-0.2, -0.15) is 5.10 Å². The molecule has 1 aromatic heterocycles. The maximum Gasteiger partial charge on any atom is 0.271 e. The molecular weight excluding hydrogens is 296 g/mol. The molecule has 7 nitrogen and oxygen atoms in total. The molecule has 0 atom stereocenters. The van der Waals surface area contributed by atoms with Crippen LogP contribution in [0.4, 0.5) is 5.69 Å². The van der Waals surface area contributed by atoms with Crippen molar-refractivity contribution < 1.29 is 9.59 Å². The number of anilines is 1. The molecule has 0 radical (unpaired) electrons. The van der Waals surface area contributed by atoms with Crippen molar-refractivity contribution in [2.45, 2.75) is 19.4 Å². The predicted molar refractivity (Wildman–Crippen MR) is 83.8 cm³/mol. The van der Waals surface area contributed by atoms with E-state index in [-0.39, 0.29) is 29.0 Å². The van der Waals surface area contributed by atoms with E-state index in [1.165, 1.54) is 12.1 Å². The van der Waals surface area contributed by atoms with E-state index in [2.05, 4.69) is 20.8 Å². The van der Waals surface area contributed by atoms with Gasteiger partial charge >= 0.3 is 0 Å². The third-order valence-electron chi connectivity index (χ3n) is 3.53. The summed E-state index contributed by atoms with van der Waals surface area (Å²) in [6.45, 7) is 0.330.